The number of aromatic nitrogens is 7. The van der Waals surface area contributed by atoms with E-state index in [-0.39, 0.29) is 0 Å². The topological polar surface area (TPSA) is 84.7 Å². The molecule has 0 saturated carbocycles. The van der Waals surface area contributed by atoms with E-state index in [9.17, 15) is 0 Å². The molecule has 0 atom stereocenters. The molecule has 7 heteroatoms. The number of nitrogens with zero attached hydrogens (tertiary/aromatic N) is 6. The van der Waals surface area contributed by atoms with Crippen LogP contribution in [0.5, 0.6) is 0 Å². The normalized spacial score (nSPS) is 11.3. The molecular formula is C11H7N7. The maximum atomic E-state index is 4.51. The van der Waals surface area contributed by atoms with Gasteiger partial charge in [0.15, 0.2) is 17.1 Å². The number of hydrogen-bond acceptors (Lipinski definition) is 5. The first-order valence-corrected chi connectivity index (χ1v) is 5.37. The van der Waals surface area contributed by atoms with Crippen LogP contribution < -0.4 is 0 Å². The zero-order valence-corrected chi connectivity index (χ0v) is 9.15. The first kappa shape index (κ1) is 9.23. The molecule has 0 radical (unpaired) electrons. The molecule has 0 unspecified atom stereocenters. The van der Waals surface area contributed by atoms with Gasteiger partial charge in [0.05, 0.1) is 11.6 Å². The number of H-pyrrole nitrogens is 1. The smallest absolute Gasteiger partial charge is 0.182 e. The SMILES string of the molecule is c1cc(-c2nc3c4cn[nH]c4ncn3n2)ccn1. The van der Waals surface area contributed by atoms with Crippen molar-refractivity contribution in [2.24, 2.45) is 0 Å². The second kappa shape index (κ2) is 3.33. The van der Waals surface area contributed by atoms with Gasteiger partial charge >= 0.3 is 0 Å². The minimum absolute atomic E-state index is 0.646. The van der Waals surface area contributed by atoms with Gasteiger partial charge in [-0.2, -0.15) is 5.10 Å². The Morgan fingerprint density at radius 2 is 2.06 bits per heavy atom. The fourth-order valence-corrected chi connectivity index (χ4v) is 1.86. The van der Waals surface area contributed by atoms with Crippen LogP contribution in [0, 0.1) is 0 Å². The van der Waals surface area contributed by atoms with Crippen LogP contribution in [-0.4, -0.2) is 34.8 Å². The third-order valence-corrected chi connectivity index (χ3v) is 2.73. The van der Waals surface area contributed by atoms with Crippen LogP contribution in [0.4, 0.5) is 0 Å². The van der Waals surface area contributed by atoms with E-state index in [0.29, 0.717) is 11.5 Å². The van der Waals surface area contributed by atoms with E-state index < -0.39 is 0 Å². The highest BCUT2D eigenvalue weighted by atomic mass is 15.3. The second-order valence-corrected chi connectivity index (χ2v) is 3.82. The summed E-state index contributed by atoms with van der Waals surface area (Å²) in [5, 5.41) is 12.0. The van der Waals surface area contributed by atoms with Crippen LogP contribution in [0.2, 0.25) is 0 Å². The predicted octanol–water partition coefficient (Wildman–Crippen LogP) is 1.06. The van der Waals surface area contributed by atoms with Gasteiger partial charge in [-0.25, -0.2) is 14.5 Å². The Morgan fingerprint density at radius 1 is 1.17 bits per heavy atom. The molecular weight excluding hydrogens is 230 g/mol. The highest BCUT2D eigenvalue weighted by molar-refractivity contribution is 5.88. The Morgan fingerprint density at radius 3 is 2.94 bits per heavy atom. The highest BCUT2D eigenvalue weighted by Gasteiger charge is 2.10. The largest absolute Gasteiger partial charge is 0.265 e. The third-order valence-electron chi connectivity index (χ3n) is 2.73. The van der Waals surface area contributed by atoms with E-state index in [0.717, 1.165) is 16.6 Å². The van der Waals surface area contributed by atoms with Gasteiger partial charge in [0.1, 0.15) is 6.33 Å². The number of aromatic amines is 1. The summed E-state index contributed by atoms with van der Waals surface area (Å²) in [6.07, 6.45) is 6.75. The van der Waals surface area contributed by atoms with Crippen LogP contribution in [0.25, 0.3) is 28.1 Å². The van der Waals surface area contributed by atoms with E-state index in [2.05, 4.69) is 30.2 Å². The van der Waals surface area contributed by atoms with E-state index in [1.165, 1.54) is 0 Å². The molecule has 1 N–H and O–H groups in total. The lowest BCUT2D eigenvalue weighted by molar-refractivity contribution is 0.934. The highest BCUT2D eigenvalue weighted by Crippen LogP contribution is 2.18. The van der Waals surface area contributed by atoms with Gasteiger partial charge in [0.25, 0.3) is 0 Å². The molecule has 0 bridgehead atoms. The molecule has 0 saturated heterocycles. The number of rotatable bonds is 1. The zero-order valence-electron chi connectivity index (χ0n) is 9.15. The Labute approximate surface area is 101 Å². The first-order valence-electron chi connectivity index (χ1n) is 5.37. The van der Waals surface area contributed by atoms with E-state index in [4.69, 9.17) is 0 Å². The van der Waals surface area contributed by atoms with Gasteiger partial charge in [0, 0.05) is 18.0 Å². The lowest BCUT2D eigenvalue weighted by Crippen LogP contribution is -1.89. The molecule has 0 amide bonds. The van der Waals surface area contributed by atoms with Crippen LogP contribution in [-0.2, 0) is 0 Å². The maximum Gasteiger partial charge on any atom is 0.182 e. The summed E-state index contributed by atoms with van der Waals surface area (Å²) in [6, 6.07) is 3.74. The number of nitrogens with one attached hydrogen (secondary N) is 1. The molecule has 4 aromatic heterocycles. The molecule has 0 aromatic carbocycles. The molecule has 0 aliphatic carbocycles. The molecule has 4 heterocycles. The Hall–Kier alpha value is -2.83. The van der Waals surface area contributed by atoms with Crippen molar-refractivity contribution in [1.29, 1.82) is 0 Å². The summed E-state index contributed by atoms with van der Waals surface area (Å²) < 4.78 is 1.65. The predicted molar refractivity (Wildman–Crippen MR) is 63.7 cm³/mol. The van der Waals surface area contributed by atoms with Crippen molar-refractivity contribution in [1.82, 2.24) is 34.8 Å². The van der Waals surface area contributed by atoms with Gasteiger partial charge < -0.3 is 0 Å². The van der Waals surface area contributed by atoms with Crippen molar-refractivity contribution in [2.45, 2.75) is 0 Å². The average Bonchev–Trinajstić information content (AvgIpc) is 3.05. The minimum atomic E-state index is 0.646. The number of fused-ring (bicyclic) bond motifs is 3. The molecule has 4 aromatic rings. The monoisotopic (exact) mass is 237 g/mol. The fourth-order valence-electron chi connectivity index (χ4n) is 1.86. The lowest BCUT2D eigenvalue weighted by atomic mass is 10.2. The van der Waals surface area contributed by atoms with Crippen molar-refractivity contribution >= 4 is 16.7 Å². The summed E-state index contributed by atoms with van der Waals surface area (Å²) in [5.74, 6) is 0.646. The van der Waals surface area contributed by atoms with Crippen LogP contribution in [0.3, 0.4) is 0 Å². The van der Waals surface area contributed by atoms with Crippen molar-refractivity contribution < 1.29 is 0 Å². The van der Waals surface area contributed by atoms with Crippen molar-refractivity contribution in [2.75, 3.05) is 0 Å². The zero-order chi connectivity index (χ0) is 11.9. The van der Waals surface area contributed by atoms with Gasteiger partial charge in [-0.15, -0.1) is 5.10 Å². The Balaban J connectivity index is 2.04. The molecule has 0 fully saturated rings. The molecule has 18 heavy (non-hydrogen) atoms. The van der Waals surface area contributed by atoms with Gasteiger partial charge in [-0.3, -0.25) is 10.1 Å². The van der Waals surface area contributed by atoms with Crippen LogP contribution in [0.1, 0.15) is 0 Å². The summed E-state index contributed by atoms with van der Waals surface area (Å²) in [5.41, 5.74) is 2.36. The summed E-state index contributed by atoms with van der Waals surface area (Å²) in [4.78, 5) is 12.7. The third kappa shape index (κ3) is 1.21. The maximum absolute atomic E-state index is 4.51. The molecule has 0 aliphatic rings. The van der Waals surface area contributed by atoms with Crippen LogP contribution in [0.15, 0.2) is 37.1 Å². The van der Waals surface area contributed by atoms with E-state index >= 15 is 0 Å². The van der Waals surface area contributed by atoms with Gasteiger partial charge in [-0.1, -0.05) is 0 Å². The minimum Gasteiger partial charge on any atom is -0.265 e. The van der Waals surface area contributed by atoms with Crippen molar-refractivity contribution in [3.05, 3.63) is 37.1 Å². The fraction of sp³-hybridized carbons (Fsp3) is 0. The molecule has 4 rings (SSSR count). The average molecular weight is 237 g/mol. The molecule has 7 nitrogen and oxygen atoms in total. The summed E-state index contributed by atoms with van der Waals surface area (Å²) in [7, 11) is 0. The van der Waals surface area contributed by atoms with Gasteiger partial charge in [0.2, 0.25) is 0 Å². The number of pyridine rings is 1. The van der Waals surface area contributed by atoms with E-state index in [1.54, 1.807) is 29.4 Å². The van der Waals surface area contributed by atoms with E-state index in [1.807, 2.05) is 12.1 Å². The quantitative estimate of drug-likeness (QED) is 0.535. The first-order chi connectivity index (χ1) is 8.92. The summed E-state index contributed by atoms with van der Waals surface area (Å²) >= 11 is 0. The molecule has 86 valence electrons. The summed E-state index contributed by atoms with van der Waals surface area (Å²) in [6.45, 7) is 0. The number of hydrogen-bond donors (Lipinski definition) is 1. The van der Waals surface area contributed by atoms with Gasteiger partial charge in [-0.05, 0) is 12.1 Å². The Kier molecular flexibility index (Phi) is 1.71. The standard InChI is InChI=1S/C11H7N7/c1-3-12-4-2-7(1)9-15-11-8-5-14-16-10(8)13-6-18(11)17-9/h1-6H,(H,14,16). The van der Waals surface area contributed by atoms with Crippen molar-refractivity contribution in [3.63, 3.8) is 0 Å². The van der Waals surface area contributed by atoms with Crippen molar-refractivity contribution in [3.8, 4) is 11.4 Å². The lowest BCUT2D eigenvalue weighted by Gasteiger charge is -1.90. The molecule has 0 spiro atoms. The van der Waals surface area contributed by atoms with Crippen LogP contribution >= 0.6 is 0 Å². The molecule has 0 aliphatic heterocycles. The Bertz CT molecular complexity index is 830. The second-order valence-electron chi connectivity index (χ2n) is 3.82.